The van der Waals surface area contributed by atoms with Crippen molar-refractivity contribution in [3.8, 4) is 0 Å². The summed E-state index contributed by atoms with van der Waals surface area (Å²) in [5.74, 6) is 1.07. The molecule has 2 heterocycles. The fraction of sp³-hybridized carbons (Fsp3) is 0.708. The number of hydrogen-bond donors (Lipinski definition) is 1. The first-order chi connectivity index (χ1) is 14.8. The van der Waals surface area contributed by atoms with Gasteiger partial charge in [-0.3, -0.25) is 9.89 Å². The predicted octanol–water partition coefficient (Wildman–Crippen LogP) is 2.92. The summed E-state index contributed by atoms with van der Waals surface area (Å²) in [6.45, 7) is 10.9. The molecule has 0 radical (unpaired) electrons. The maximum absolute atomic E-state index is 5.99. The summed E-state index contributed by atoms with van der Waals surface area (Å²) in [7, 11) is 1.74. The van der Waals surface area contributed by atoms with Crippen LogP contribution >= 0.6 is 0 Å². The minimum Gasteiger partial charge on any atom is -0.385 e. The maximum atomic E-state index is 5.99. The Kier molecular flexibility index (Phi) is 9.93. The number of fused-ring (bicyclic) bond motifs is 1. The molecule has 2 aliphatic heterocycles. The fourth-order valence-corrected chi connectivity index (χ4v) is 4.34. The van der Waals surface area contributed by atoms with Crippen molar-refractivity contribution in [2.45, 2.75) is 51.7 Å². The van der Waals surface area contributed by atoms with Crippen molar-refractivity contribution in [2.75, 3.05) is 59.6 Å². The summed E-state index contributed by atoms with van der Waals surface area (Å²) < 4.78 is 11.1. The first kappa shape index (κ1) is 23.0. The van der Waals surface area contributed by atoms with Crippen LogP contribution in [0.4, 0.5) is 0 Å². The van der Waals surface area contributed by atoms with Gasteiger partial charge in [-0.2, -0.15) is 0 Å². The molecule has 6 heteroatoms. The molecule has 0 atom stereocenters. The highest BCUT2D eigenvalue weighted by Crippen LogP contribution is 2.18. The zero-order valence-electron chi connectivity index (χ0n) is 18.9. The zero-order chi connectivity index (χ0) is 21.0. The second-order valence-electron chi connectivity index (χ2n) is 8.29. The van der Waals surface area contributed by atoms with E-state index < -0.39 is 0 Å². The van der Waals surface area contributed by atoms with Crippen molar-refractivity contribution in [3.63, 3.8) is 0 Å². The van der Waals surface area contributed by atoms with Crippen molar-refractivity contribution >= 4 is 5.96 Å². The molecule has 6 nitrogen and oxygen atoms in total. The summed E-state index contributed by atoms with van der Waals surface area (Å²) in [5.41, 5.74) is 3.01. The fourth-order valence-electron chi connectivity index (χ4n) is 4.34. The number of methoxy groups -OCH3 is 1. The molecule has 1 saturated heterocycles. The van der Waals surface area contributed by atoms with Gasteiger partial charge in [-0.05, 0) is 50.2 Å². The average molecular weight is 417 g/mol. The summed E-state index contributed by atoms with van der Waals surface area (Å²) in [4.78, 5) is 9.89. The zero-order valence-corrected chi connectivity index (χ0v) is 18.9. The van der Waals surface area contributed by atoms with Gasteiger partial charge in [0, 0.05) is 66.1 Å². The molecule has 0 unspecified atom stereocenters. The first-order valence-electron chi connectivity index (χ1n) is 11.7. The minimum absolute atomic E-state index is 0.378. The molecule has 1 N–H and O–H groups in total. The molecule has 2 aliphatic rings. The lowest BCUT2D eigenvalue weighted by Crippen LogP contribution is -2.47. The molecule has 0 saturated carbocycles. The number of guanidine groups is 1. The van der Waals surface area contributed by atoms with Crippen molar-refractivity contribution in [3.05, 3.63) is 35.4 Å². The number of nitrogens with one attached hydrogen (secondary N) is 1. The number of benzene rings is 1. The van der Waals surface area contributed by atoms with Gasteiger partial charge in [0.05, 0.1) is 6.10 Å². The van der Waals surface area contributed by atoms with Crippen molar-refractivity contribution < 1.29 is 9.47 Å². The highest BCUT2D eigenvalue weighted by Gasteiger charge is 2.22. The molecule has 0 aliphatic carbocycles. The number of rotatable bonds is 10. The van der Waals surface area contributed by atoms with Gasteiger partial charge >= 0.3 is 0 Å². The van der Waals surface area contributed by atoms with E-state index in [-0.39, 0.29) is 0 Å². The second-order valence-corrected chi connectivity index (χ2v) is 8.29. The quantitative estimate of drug-likeness (QED) is 0.361. The molecule has 0 aromatic heterocycles. The normalized spacial score (nSPS) is 18.5. The van der Waals surface area contributed by atoms with Crippen LogP contribution in [0.3, 0.4) is 0 Å². The molecule has 1 fully saturated rings. The molecule has 1 aromatic carbocycles. The van der Waals surface area contributed by atoms with E-state index in [1.54, 1.807) is 7.11 Å². The van der Waals surface area contributed by atoms with Crippen molar-refractivity contribution in [2.24, 2.45) is 4.99 Å². The monoisotopic (exact) mass is 416 g/mol. The predicted molar refractivity (Wildman–Crippen MR) is 123 cm³/mol. The van der Waals surface area contributed by atoms with Crippen LogP contribution in [0, 0.1) is 0 Å². The number of ether oxygens (including phenoxy) is 2. The SMILES string of the molecule is CCNC(=NCCCN1CCc2ccccc2C1)N1CCC(OCCCOC)CC1. The van der Waals surface area contributed by atoms with Crippen LogP contribution in [-0.2, 0) is 22.4 Å². The van der Waals surface area contributed by atoms with E-state index in [1.165, 1.54) is 24.1 Å². The summed E-state index contributed by atoms with van der Waals surface area (Å²) >= 11 is 0. The highest BCUT2D eigenvalue weighted by atomic mass is 16.5. The minimum atomic E-state index is 0.378. The van der Waals surface area contributed by atoms with Gasteiger partial charge in [-0.25, -0.2) is 0 Å². The van der Waals surface area contributed by atoms with Gasteiger partial charge in [-0.15, -0.1) is 0 Å². The van der Waals surface area contributed by atoms with Gasteiger partial charge in [0.2, 0.25) is 0 Å². The standard InChI is InChI=1S/C24H40N4O2/c1-3-25-24(28-16-11-23(12-17-28)30-19-7-18-29-2)26-13-6-14-27-15-10-21-8-4-5-9-22(21)20-27/h4-5,8-9,23H,3,6-7,10-20H2,1-2H3,(H,25,26). The van der Waals surface area contributed by atoms with E-state index in [1.807, 2.05) is 0 Å². The van der Waals surface area contributed by atoms with Crippen LogP contribution in [0.25, 0.3) is 0 Å². The Morgan fingerprint density at radius 3 is 2.67 bits per heavy atom. The van der Waals surface area contributed by atoms with Gasteiger partial charge in [0.15, 0.2) is 5.96 Å². The lowest BCUT2D eigenvalue weighted by molar-refractivity contribution is 0.00990. The van der Waals surface area contributed by atoms with Crippen LogP contribution in [0.2, 0.25) is 0 Å². The van der Waals surface area contributed by atoms with Crippen LogP contribution in [0.15, 0.2) is 29.3 Å². The van der Waals surface area contributed by atoms with E-state index in [0.717, 1.165) is 84.1 Å². The Hall–Kier alpha value is -1.63. The molecule has 3 rings (SSSR count). The topological polar surface area (TPSA) is 49.3 Å². The number of hydrogen-bond acceptors (Lipinski definition) is 4. The van der Waals surface area contributed by atoms with Crippen LogP contribution in [0.5, 0.6) is 0 Å². The molecule has 30 heavy (non-hydrogen) atoms. The van der Waals surface area contributed by atoms with Gasteiger partial charge in [0.25, 0.3) is 0 Å². The second kappa shape index (κ2) is 12.9. The Balaban J connectivity index is 1.37. The third-order valence-electron chi connectivity index (χ3n) is 6.03. The maximum Gasteiger partial charge on any atom is 0.193 e. The van der Waals surface area contributed by atoms with Gasteiger partial charge < -0.3 is 19.7 Å². The van der Waals surface area contributed by atoms with Gasteiger partial charge in [0.1, 0.15) is 0 Å². The summed E-state index contributed by atoms with van der Waals surface area (Å²) in [6.07, 6.45) is 5.78. The average Bonchev–Trinajstić information content (AvgIpc) is 2.79. The largest absolute Gasteiger partial charge is 0.385 e. The van der Waals surface area contributed by atoms with E-state index in [9.17, 15) is 0 Å². The lowest BCUT2D eigenvalue weighted by atomic mass is 10.00. The molecular formula is C24H40N4O2. The molecule has 0 spiro atoms. The number of likely N-dealkylation sites (tertiary alicyclic amines) is 1. The van der Waals surface area contributed by atoms with E-state index in [4.69, 9.17) is 14.5 Å². The van der Waals surface area contributed by atoms with E-state index in [2.05, 4.69) is 46.3 Å². The van der Waals surface area contributed by atoms with Crippen LogP contribution in [0.1, 0.15) is 43.7 Å². The van der Waals surface area contributed by atoms with Crippen LogP contribution in [-0.4, -0.2) is 81.5 Å². The lowest BCUT2D eigenvalue weighted by Gasteiger charge is -2.34. The Bertz CT molecular complexity index is 644. The van der Waals surface area contributed by atoms with Crippen LogP contribution < -0.4 is 5.32 Å². The number of piperidine rings is 1. The Morgan fingerprint density at radius 2 is 1.90 bits per heavy atom. The third-order valence-corrected chi connectivity index (χ3v) is 6.03. The smallest absolute Gasteiger partial charge is 0.193 e. The third kappa shape index (κ3) is 7.25. The molecule has 0 bridgehead atoms. The highest BCUT2D eigenvalue weighted by molar-refractivity contribution is 5.80. The first-order valence-corrected chi connectivity index (χ1v) is 11.7. The Labute approximate surface area is 182 Å². The van der Waals surface area contributed by atoms with E-state index >= 15 is 0 Å². The molecule has 168 valence electrons. The molecule has 0 amide bonds. The number of nitrogens with zero attached hydrogens (tertiary/aromatic N) is 3. The number of aliphatic imine (C=N–C) groups is 1. The molecular weight excluding hydrogens is 376 g/mol. The van der Waals surface area contributed by atoms with Crippen molar-refractivity contribution in [1.29, 1.82) is 0 Å². The Morgan fingerprint density at radius 1 is 1.10 bits per heavy atom. The van der Waals surface area contributed by atoms with Crippen molar-refractivity contribution in [1.82, 2.24) is 15.1 Å². The summed E-state index contributed by atoms with van der Waals surface area (Å²) in [5, 5.41) is 3.48. The van der Waals surface area contributed by atoms with Gasteiger partial charge in [-0.1, -0.05) is 24.3 Å². The molecule has 1 aromatic rings. The van der Waals surface area contributed by atoms with E-state index in [0.29, 0.717) is 6.10 Å². The summed E-state index contributed by atoms with van der Waals surface area (Å²) in [6, 6.07) is 8.85.